The first-order chi connectivity index (χ1) is 13.0. The Morgan fingerprint density at radius 2 is 1.19 bits per heavy atom. The molecule has 0 fully saturated rings. The second-order valence-corrected chi connectivity index (χ2v) is 7.40. The summed E-state index contributed by atoms with van der Waals surface area (Å²) in [6, 6.07) is 5.55. The molecule has 1 aromatic carbocycles. The highest BCUT2D eigenvalue weighted by atomic mass is 16.6. The third-order valence-electron chi connectivity index (χ3n) is 5.02. The zero-order valence-electron chi connectivity index (χ0n) is 18.0. The van der Waals surface area contributed by atoms with E-state index in [1.54, 1.807) is 0 Å². The van der Waals surface area contributed by atoms with Crippen molar-refractivity contribution in [3.8, 4) is 5.75 Å². The lowest BCUT2D eigenvalue weighted by molar-refractivity contribution is -0.929. The van der Waals surface area contributed by atoms with Crippen molar-refractivity contribution in [3.63, 3.8) is 0 Å². The van der Waals surface area contributed by atoms with Gasteiger partial charge < -0.3 is 9.59 Å². The Bertz CT molecular complexity index is 469. The van der Waals surface area contributed by atoms with Crippen LogP contribution in [0, 0.1) is 10.1 Å². The molecule has 0 amide bonds. The van der Waals surface area contributed by atoms with Crippen LogP contribution in [0.15, 0.2) is 24.3 Å². The van der Waals surface area contributed by atoms with Crippen molar-refractivity contribution in [2.45, 2.75) is 79.1 Å². The molecular formula is C22H41N2O3+. The summed E-state index contributed by atoms with van der Waals surface area (Å²) in [5.74, 6) is -0.299. The molecule has 0 aliphatic rings. The number of unbranched alkanes of at least 4 members (excludes halogenated alkanes) is 4. The molecule has 1 N–H and O–H groups in total. The smallest absolute Gasteiger partial charge is 0.310 e. The SMILES string of the molecule is CCCC[N+](CCCC)(CCCC)CCCC.O=[N+]([O-])c1ccccc1O. The van der Waals surface area contributed by atoms with Crippen LogP contribution in [-0.2, 0) is 0 Å². The summed E-state index contributed by atoms with van der Waals surface area (Å²) in [5.41, 5.74) is -0.262. The fourth-order valence-corrected chi connectivity index (χ4v) is 3.26. The van der Waals surface area contributed by atoms with Gasteiger partial charge in [-0.15, -0.1) is 0 Å². The normalized spacial score (nSPS) is 11.0. The maximum absolute atomic E-state index is 10.1. The Morgan fingerprint density at radius 3 is 1.44 bits per heavy atom. The number of nitrogens with zero attached hydrogens (tertiary/aromatic N) is 2. The molecule has 0 atom stereocenters. The Hall–Kier alpha value is -1.62. The minimum atomic E-state index is -0.630. The number of phenolic OH excluding ortho intramolecular Hbond substituents is 1. The van der Waals surface area contributed by atoms with E-state index in [1.165, 1.54) is 106 Å². The number of rotatable bonds is 13. The van der Waals surface area contributed by atoms with Crippen molar-refractivity contribution in [2.75, 3.05) is 26.2 Å². The largest absolute Gasteiger partial charge is 0.502 e. The van der Waals surface area contributed by atoms with E-state index >= 15 is 0 Å². The van der Waals surface area contributed by atoms with Gasteiger partial charge in [-0.1, -0.05) is 65.5 Å². The molecule has 0 saturated heterocycles. The van der Waals surface area contributed by atoms with Gasteiger partial charge in [-0.3, -0.25) is 10.1 Å². The molecule has 1 aromatic rings. The molecular weight excluding hydrogens is 340 g/mol. The number of hydrogen-bond donors (Lipinski definition) is 1. The topological polar surface area (TPSA) is 63.4 Å². The molecule has 27 heavy (non-hydrogen) atoms. The fraction of sp³-hybridized carbons (Fsp3) is 0.727. The van der Waals surface area contributed by atoms with Crippen LogP contribution in [0.25, 0.3) is 0 Å². The van der Waals surface area contributed by atoms with Crippen molar-refractivity contribution < 1.29 is 14.5 Å². The third-order valence-corrected chi connectivity index (χ3v) is 5.02. The molecule has 0 spiro atoms. The average Bonchev–Trinajstić information content (AvgIpc) is 2.67. The zero-order chi connectivity index (χ0) is 20.5. The zero-order valence-corrected chi connectivity index (χ0v) is 18.0. The van der Waals surface area contributed by atoms with Gasteiger partial charge in [-0.05, 0) is 31.7 Å². The van der Waals surface area contributed by atoms with Gasteiger partial charge in [0.15, 0.2) is 5.75 Å². The molecule has 0 aliphatic carbocycles. The summed E-state index contributed by atoms with van der Waals surface area (Å²) >= 11 is 0. The van der Waals surface area contributed by atoms with Crippen molar-refractivity contribution in [1.82, 2.24) is 0 Å². The van der Waals surface area contributed by atoms with E-state index < -0.39 is 4.92 Å². The van der Waals surface area contributed by atoms with Crippen molar-refractivity contribution in [1.29, 1.82) is 0 Å². The maximum Gasteiger partial charge on any atom is 0.310 e. The Balaban J connectivity index is 0.000000569. The van der Waals surface area contributed by atoms with Gasteiger partial charge in [0.1, 0.15) is 0 Å². The van der Waals surface area contributed by atoms with Crippen LogP contribution < -0.4 is 0 Å². The van der Waals surface area contributed by atoms with Gasteiger partial charge in [0, 0.05) is 6.07 Å². The predicted molar refractivity (Wildman–Crippen MR) is 114 cm³/mol. The van der Waals surface area contributed by atoms with Crippen LogP contribution in [0.5, 0.6) is 5.75 Å². The van der Waals surface area contributed by atoms with Crippen molar-refractivity contribution >= 4 is 5.69 Å². The number of quaternary nitrogens is 1. The van der Waals surface area contributed by atoms with Crippen molar-refractivity contribution in [2.24, 2.45) is 0 Å². The van der Waals surface area contributed by atoms with Gasteiger partial charge >= 0.3 is 5.69 Å². The molecule has 1 rings (SSSR count). The first-order valence-corrected chi connectivity index (χ1v) is 10.7. The number of hydrogen-bond acceptors (Lipinski definition) is 3. The molecule has 156 valence electrons. The second kappa shape index (κ2) is 15.4. The number of nitro benzene ring substituents is 1. The van der Waals surface area contributed by atoms with Gasteiger partial charge in [0.2, 0.25) is 0 Å². The summed E-state index contributed by atoms with van der Waals surface area (Å²) in [4.78, 5) is 9.44. The monoisotopic (exact) mass is 381 g/mol. The molecule has 0 aliphatic heterocycles. The van der Waals surface area contributed by atoms with E-state index in [9.17, 15) is 10.1 Å². The first kappa shape index (κ1) is 25.4. The average molecular weight is 382 g/mol. The molecule has 0 unspecified atom stereocenters. The molecule has 0 bridgehead atoms. The fourth-order valence-electron chi connectivity index (χ4n) is 3.26. The van der Waals surface area contributed by atoms with Crippen LogP contribution in [-0.4, -0.2) is 40.7 Å². The van der Waals surface area contributed by atoms with Crippen LogP contribution in [0.4, 0.5) is 5.69 Å². The lowest BCUT2D eigenvalue weighted by Gasteiger charge is -2.39. The first-order valence-electron chi connectivity index (χ1n) is 10.7. The van der Waals surface area contributed by atoms with E-state index in [0.717, 1.165) is 0 Å². The summed E-state index contributed by atoms with van der Waals surface area (Å²) in [7, 11) is 0. The van der Waals surface area contributed by atoms with Crippen molar-refractivity contribution in [3.05, 3.63) is 34.4 Å². The summed E-state index contributed by atoms with van der Waals surface area (Å²) in [6.07, 6.45) is 11.1. The number of aromatic hydroxyl groups is 1. The van der Waals surface area contributed by atoms with E-state index in [0.29, 0.717) is 0 Å². The standard InChI is InChI=1S/C16H36N.C6H5NO3/c1-5-9-13-17(14-10-6-2,15-11-7-3)16-12-8-4;8-6-4-2-1-3-5(6)7(9)10/h5-16H2,1-4H3;1-4,8H/q+1;. The Labute approximate surface area is 166 Å². The molecule has 0 radical (unpaired) electrons. The number of benzene rings is 1. The Morgan fingerprint density at radius 1 is 0.815 bits per heavy atom. The van der Waals surface area contributed by atoms with Crippen LogP contribution in [0.3, 0.4) is 0 Å². The van der Waals surface area contributed by atoms with Gasteiger partial charge in [-0.25, -0.2) is 0 Å². The third kappa shape index (κ3) is 11.0. The van der Waals surface area contributed by atoms with Gasteiger partial charge in [0.25, 0.3) is 0 Å². The Kier molecular flexibility index (Phi) is 14.5. The quantitative estimate of drug-likeness (QED) is 0.247. The van der Waals surface area contributed by atoms with Crippen LogP contribution in [0.1, 0.15) is 79.1 Å². The number of nitro groups is 1. The molecule has 0 heterocycles. The van der Waals surface area contributed by atoms with Crippen LogP contribution >= 0.6 is 0 Å². The summed E-state index contributed by atoms with van der Waals surface area (Å²) in [6.45, 7) is 15.0. The lowest BCUT2D eigenvalue weighted by Crippen LogP contribution is -2.50. The van der Waals surface area contributed by atoms with E-state index in [2.05, 4.69) is 27.7 Å². The second-order valence-electron chi connectivity index (χ2n) is 7.40. The minimum Gasteiger partial charge on any atom is -0.502 e. The highest BCUT2D eigenvalue weighted by Crippen LogP contribution is 2.23. The summed E-state index contributed by atoms with van der Waals surface area (Å²) in [5, 5.41) is 18.9. The molecule has 0 saturated carbocycles. The molecule has 5 nitrogen and oxygen atoms in total. The van der Waals surface area contributed by atoms with Gasteiger partial charge in [0.05, 0.1) is 31.1 Å². The summed E-state index contributed by atoms with van der Waals surface area (Å²) < 4.78 is 1.42. The number of para-hydroxylation sites is 2. The maximum atomic E-state index is 10.1. The molecule has 5 heteroatoms. The van der Waals surface area contributed by atoms with E-state index in [4.69, 9.17) is 5.11 Å². The highest BCUT2D eigenvalue weighted by Gasteiger charge is 2.24. The highest BCUT2D eigenvalue weighted by molar-refractivity contribution is 5.44. The predicted octanol–water partition coefficient (Wildman–Crippen LogP) is 6.30. The molecule has 0 aromatic heterocycles. The van der Waals surface area contributed by atoms with E-state index in [-0.39, 0.29) is 11.4 Å². The van der Waals surface area contributed by atoms with Gasteiger partial charge in [-0.2, -0.15) is 0 Å². The van der Waals surface area contributed by atoms with Crippen LogP contribution in [0.2, 0.25) is 0 Å². The van der Waals surface area contributed by atoms with E-state index in [1.807, 2.05) is 0 Å². The minimum absolute atomic E-state index is 0.262. The lowest BCUT2D eigenvalue weighted by atomic mass is 10.1. The number of phenols is 1.